The topological polar surface area (TPSA) is 75.7 Å². The molecule has 37 heavy (non-hydrogen) atoms. The number of halogens is 3. The molecule has 0 spiro atoms. The monoisotopic (exact) mass is 556 g/mol. The summed E-state index contributed by atoms with van der Waals surface area (Å²) in [6, 6.07) is 16.4. The van der Waals surface area contributed by atoms with Crippen LogP contribution < -0.4 is 15.0 Å². The Morgan fingerprint density at radius 1 is 0.892 bits per heavy atom. The maximum atomic E-state index is 13.2. The number of urea groups is 1. The third-order valence-corrected chi connectivity index (χ3v) is 6.53. The van der Waals surface area contributed by atoms with Gasteiger partial charge in [-0.2, -0.15) is 0 Å². The number of nitrogens with one attached hydrogen (secondary N) is 1. The lowest BCUT2D eigenvalue weighted by Gasteiger charge is -2.27. The Morgan fingerprint density at radius 3 is 2.05 bits per heavy atom. The van der Waals surface area contributed by atoms with Crippen molar-refractivity contribution in [2.24, 2.45) is 0 Å². The minimum atomic E-state index is -0.822. The lowest BCUT2D eigenvalue weighted by Crippen LogP contribution is -2.54. The van der Waals surface area contributed by atoms with Crippen LogP contribution in [0.1, 0.15) is 37.5 Å². The van der Waals surface area contributed by atoms with Gasteiger partial charge in [0.05, 0.1) is 15.7 Å². The summed E-state index contributed by atoms with van der Waals surface area (Å²) < 4.78 is 5.78. The number of carbonyl (C=O) groups excluding carboxylic acids is 3. The van der Waals surface area contributed by atoms with Crippen LogP contribution in [-0.2, 0) is 21.6 Å². The zero-order valence-corrected chi connectivity index (χ0v) is 22.5. The molecule has 4 rings (SSSR count). The van der Waals surface area contributed by atoms with Crippen LogP contribution >= 0.6 is 34.8 Å². The van der Waals surface area contributed by atoms with Crippen molar-refractivity contribution in [2.45, 2.75) is 32.8 Å². The van der Waals surface area contributed by atoms with E-state index >= 15 is 0 Å². The van der Waals surface area contributed by atoms with E-state index in [1.807, 2.05) is 24.3 Å². The van der Waals surface area contributed by atoms with Gasteiger partial charge < -0.3 is 4.74 Å². The highest BCUT2D eigenvalue weighted by molar-refractivity contribution is 6.40. The minimum absolute atomic E-state index is 0.100. The van der Waals surface area contributed by atoms with Gasteiger partial charge >= 0.3 is 6.03 Å². The Bertz CT molecular complexity index is 1390. The van der Waals surface area contributed by atoms with Gasteiger partial charge in [-0.25, -0.2) is 9.69 Å². The van der Waals surface area contributed by atoms with Crippen LogP contribution in [-0.4, -0.2) is 17.8 Å². The zero-order chi connectivity index (χ0) is 26.9. The van der Waals surface area contributed by atoms with Crippen molar-refractivity contribution in [1.82, 2.24) is 5.32 Å². The molecule has 1 saturated heterocycles. The number of anilines is 1. The number of nitrogens with zero attached hydrogens (tertiary/aromatic N) is 1. The summed E-state index contributed by atoms with van der Waals surface area (Å²) in [5, 5.41) is 3.22. The predicted molar refractivity (Wildman–Crippen MR) is 146 cm³/mol. The van der Waals surface area contributed by atoms with Crippen LogP contribution in [0.3, 0.4) is 0 Å². The molecule has 0 saturated carbocycles. The third-order valence-electron chi connectivity index (χ3n) is 5.72. The second-order valence-electron chi connectivity index (χ2n) is 9.48. The number of hydrogen-bond donors (Lipinski definition) is 1. The number of hydrogen-bond acceptors (Lipinski definition) is 4. The van der Waals surface area contributed by atoms with Gasteiger partial charge in [0.1, 0.15) is 12.2 Å². The van der Waals surface area contributed by atoms with E-state index in [1.54, 1.807) is 24.3 Å². The number of amides is 4. The molecule has 0 aliphatic carbocycles. The summed E-state index contributed by atoms with van der Waals surface area (Å²) in [5.41, 5.74) is 2.31. The molecule has 1 aliphatic rings. The Labute approximate surface area is 229 Å². The zero-order valence-electron chi connectivity index (χ0n) is 20.3. The maximum Gasteiger partial charge on any atom is 0.335 e. The quantitative estimate of drug-likeness (QED) is 0.266. The highest BCUT2D eigenvalue weighted by Crippen LogP contribution is 2.36. The Balaban J connectivity index is 1.59. The van der Waals surface area contributed by atoms with Gasteiger partial charge in [-0.3, -0.25) is 14.9 Å². The fourth-order valence-electron chi connectivity index (χ4n) is 3.71. The van der Waals surface area contributed by atoms with Crippen LogP contribution in [0.15, 0.2) is 66.2 Å². The van der Waals surface area contributed by atoms with E-state index in [9.17, 15) is 14.4 Å². The van der Waals surface area contributed by atoms with Crippen molar-refractivity contribution in [2.75, 3.05) is 4.90 Å². The molecule has 0 unspecified atom stereocenters. The van der Waals surface area contributed by atoms with Crippen molar-refractivity contribution in [3.63, 3.8) is 0 Å². The molecule has 1 aliphatic heterocycles. The van der Waals surface area contributed by atoms with Gasteiger partial charge in [-0.15, -0.1) is 0 Å². The average Bonchev–Trinajstić information content (AvgIpc) is 2.82. The Morgan fingerprint density at radius 2 is 1.49 bits per heavy atom. The van der Waals surface area contributed by atoms with Crippen LogP contribution in [0, 0.1) is 0 Å². The normalized spacial score (nSPS) is 15.2. The summed E-state index contributed by atoms with van der Waals surface area (Å²) in [7, 11) is 0. The number of rotatable bonds is 5. The van der Waals surface area contributed by atoms with Crippen LogP contribution in [0.5, 0.6) is 5.75 Å². The van der Waals surface area contributed by atoms with Crippen LogP contribution in [0.2, 0.25) is 15.1 Å². The van der Waals surface area contributed by atoms with Gasteiger partial charge in [-0.1, -0.05) is 79.8 Å². The number of imide groups is 2. The third kappa shape index (κ3) is 5.99. The van der Waals surface area contributed by atoms with Gasteiger partial charge in [0.15, 0.2) is 5.75 Å². The van der Waals surface area contributed by atoms with Crippen LogP contribution in [0.4, 0.5) is 10.5 Å². The van der Waals surface area contributed by atoms with E-state index < -0.39 is 17.8 Å². The standard InChI is InChI=1S/C28H23Cl3N2O4/c1-28(2,3)18-6-10-20(11-7-18)33-26(35)21(25(34)32-27(33)36)12-17-13-22(30)24(23(31)14-17)37-15-16-4-8-19(29)9-5-16/h4-14H,15H2,1-3H3,(H,32,34,36). The first kappa shape index (κ1) is 26.7. The number of carbonyl (C=O) groups is 3. The maximum absolute atomic E-state index is 13.2. The number of barbiturate groups is 1. The summed E-state index contributed by atoms with van der Waals surface area (Å²) >= 11 is 18.7. The lowest BCUT2D eigenvalue weighted by atomic mass is 9.87. The van der Waals surface area contributed by atoms with Crippen molar-refractivity contribution in [3.8, 4) is 5.75 Å². The summed E-state index contributed by atoms with van der Waals surface area (Å²) in [4.78, 5) is 39.2. The average molecular weight is 558 g/mol. The molecule has 0 radical (unpaired) electrons. The first-order chi connectivity index (χ1) is 17.4. The van der Waals surface area contributed by atoms with Gasteiger partial charge in [0, 0.05) is 5.02 Å². The molecule has 3 aromatic rings. The van der Waals surface area contributed by atoms with E-state index in [0.29, 0.717) is 16.3 Å². The van der Waals surface area contributed by atoms with E-state index in [-0.39, 0.29) is 33.4 Å². The fourth-order valence-corrected chi connectivity index (χ4v) is 4.45. The highest BCUT2D eigenvalue weighted by atomic mass is 35.5. The molecule has 4 amide bonds. The van der Waals surface area contributed by atoms with Crippen LogP contribution in [0.25, 0.3) is 6.08 Å². The molecule has 1 heterocycles. The van der Waals surface area contributed by atoms with Crippen molar-refractivity contribution < 1.29 is 19.1 Å². The van der Waals surface area contributed by atoms with Crippen molar-refractivity contribution in [3.05, 3.63) is 98.0 Å². The highest BCUT2D eigenvalue weighted by Gasteiger charge is 2.37. The van der Waals surface area contributed by atoms with E-state index in [4.69, 9.17) is 39.5 Å². The smallest absolute Gasteiger partial charge is 0.335 e. The molecule has 6 nitrogen and oxygen atoms in total. The molecule has 9 heteroatoms. The molecule has 190 valence electrons. The number of ether oxygens (including phenoxy) is 1. The molecule has 0 aromatic heterocycles. The van der Waals surface area contributed by atoms with Gasteiger partial charge in [0.2, 0.25) is 0 Å². The first-order valence-corrected chi connectivity index (χ1v) is 12.5. The van der Waals surface area contributed by atoms with E-state index in [1.165, 1.54) is 18.2 Å². The van der Waals surface area contributed by atoms with Gasteiger partial charge in [-0.05, 0) is 64.6 Å². The van der Waals surface area contributed by atoms with E-state index in [2.05, 4.69) is 26.1 Å². The second-order valence-corrected chi connectivity index (χ2v) is 10.7. The lowest BCUT2D eigenvalue weighted by molar-refractivity contribution is -0.122. The van der Waals surface area contributed by atoms with Crippen molar-refractivity contribution in [1.29, 1.82) is 0 Å². The Hall–Kier alpha value is -3.32. The Kier molecular flexibility index (Phi) is 7.64. The largest absolute Gasteiger partial charge is 0.486 e. The summed E-state index contributed by atoms with van der Waals surface area (Å²) in [5.74, 6) is -1.31. The van der Waals surface area contributed by atoms with E-state index in [0.717, 1.165) is 16.0 Å². The summed E-state index contributed by atoms with van der Waals surface area (Å²) in [6.45, 7) is 6.39. The predicted octanol–water partition coefficient (Wildman–Crippen LogP) is 7.19. The SMILES string of the molecule is CC(C)(C)c1ccc(N2C(=O)NC(=O)C(=Cc3cc(Cl)c(OCc4ccc(Cl)cc4)c(Cl)c3)C2=O)cc1. The molecular formula is C28H23Cl3N2O4. The summed E-state index contributed by atoms with van der Waals surface area (Å²) in [6.07, 6.45) is 1.33. The van der Waals surface area contributed by atoms with Crippen molar-refractivity contribution >= 4 is 64.4 Å². The molecule has 1 N–H and O–H groups in total. The second kappa shape index (κ2) is 10.6. The molecular weight excluding hydrogens is 535 g/mol. The molecule has 0 bridgehead atoms. The first-order valence-electron chi connectivity index (χ1n) is 11.3. The molecule has 0 atom stereocenters. The molecule has 1 fully saturated rings. The minimum Gasteiger partial charge on any atom is -0.486 e. The fraction of sp³-hybridized carbons (Fsp3) is 0.179. The van der Waals surface area contributed by atoms with Gasteiger partial charge in [0.25, 0.3) is 11.8 Å². The molecule has 3 aromatic carbocycles. The number of benzene rings is 3.